The molecule has 0 unspecified atom stereocenters. The van der Waals surface area contributed by atoms with Crippen LogP contribution < -0.4 is 4.74 Å². The van der Waals surface area contributed by atoms with Gasteiger partial charge in [0, 0.05) is 12.8 Å². The van der Waals surface area contributed by atoms with Gasteiger partial charge in [0.1, 0.15) is 42.4 Å². The number of benzene rings is 3. The van der Waals surface area contributed by atoms with Gasteiger partial charge < -0.3 is 33.5 Å². The summed E-state index contributed by atoms with van der Waals surface area (Å²) >= 11 is 0. The van der Waals surface area contributed by atoms with Gasteiger partial charge in [0.15, 0.2) is 5.79 Å². The standard InChI is InChI=1S/C34H40O7/c1-36-27-17-15-26(16-18-27)23-38-30-28(35)29(37-21-24-11-5-2-6-12-24)31(39-22-25-13-7-3-8-14-25)33-32(30)40-34(41-33)19-9-4-10-20-34/h2-3,5-8,11-18,28-33,35H,4,9-10,19-23H2,1H3/t28-,29-,30-,31+,32+,33-/m1/s1. The maximum Gasteiger partial charge on any atom is 0.169 e. The Hall–Kier alpha value is -2.78. The van der Waals surface area contributed by atoms with Crippen molar-refractivity contribution >= 4 is 0 Å². The molecule has 7 nitrogen and oxygen atoms in total. The molecule has 6 rings (SSSR count). The van der Waals surface area contributed by atoms with Crippen LogP contribution in [-0.2, 0) is 43.5 Å². The van der Waals surface area contributed by atoms with E-state index in [-0.39, 0.29) is 0 Å². The van der Waals surface area contributed by atoms with Crippen molar-refractivity contribution in [3.63, 3.8) is 0 Å². The molecule has 0 radical (unpaired) electrons. The second-order valence-corrected chi connectivity index (χ2v) is 11.3. The first-order valence-electron chi connectivity index (χ1n) is 14.7. The van der Waals surface area contributed by atoms with E-state index in [0.717, 1.165) is 48.1 Å². The molecule has 3 fully saturated rings. The Labute approximate surface area is 242 Å². The number of rotatable bonds is 10. The molecule has 41 heavy (non-hydrogen) atoms. The van der Waals surface area contributed by atoms with Crippen molar-refractivity contribution in [2.45, 2.75) is 94.3 Å². The third kappa shape index (κ3) is 6.51. The lowest BCUT2D eigenvalue weighted by atomic mass is 9.84. The molecule has 3 aromatic rings. The van der Waals surface area contributed by atoms with E-state index in [1.807, 2.05) is 84.9 Å². The Morgan fingerprint density at radius 3 is 1.68 bits per heavy atom. The number of ether oxygens (including phenoxy) is 6. The van der Waals surface area contributed by atoms with Crippen molar-refractivity contribution in [3.8, 4) is 5.75 Å². The highest BCUT2D eigenvalue weighted by atomic mass is 16.8. The van der Waals surface area contributed by atoms with Gasteiger partial charge in [0.05, 0.1) is 26.9 Å². The van der Waals surface area contributed by atoms with Crippen LogP contribution in [0.15, 0.2) is 84.9 Å². The molecular formula is C34H40O7. The van der Waals surface area contributed by atoms with Gasteiger partial charge in [-0.05, 0) is 41.7 Å². The Morgan fingerprint density at radius 2 is 1.12 bits per heavy atom. The first kappa shape index (κ1) is 28.3. The van der Waals surface area contributed by atoms with Crippen LogP contribution in [0.2, 0.25) is 0 Å². The van der Waals surface area contributed by atoms with Crippen molar-refractivity contribution in [2.24, 2.45) is 0 Å². The number of hydrogen-bond donors (Lipinski definition) is 1. The quantitative estimate of drug-likeness (QED) is 0.348. The van der Waals surface area contributed by atoms with Crippen LogP contribution in [0.3, 0.4) is 0 Å². The molecule has 0 amide bonds. The second-order valence-electron chi connectivity index (χ2n) is 11.3. The molecule has 3 aromatic carbocycles. The van der Waals surface area contributed by atoms with E-state index in [9.17, 15) is 5.11 Å². The molecule has 1 N–H and O–H groups in total. The average molecular weight is 561 g/mol. The minimum atomic E-state index is -0.985. The fourth-order valence-corrected chi connectivity index (χ4v) is 6.28. The normalized spacial score (nSPS) is 28.8. The lowest BCUT2D eigenvalue weighted by Crippen LogP contribution is -2.64. The largest absolute Gasteiger partial charge is 0.497 e. The number of aliphatic hydroxyl groups excluding tert-OH is 1. The van der Waals surface area contributed by atoms with Gasteiger partial charge in [-0.15, -0.1) is 0 Å². The van der Waals surface area contributed by atoms with E-state index in [4.69, 9.17) is 28.4 Å². The second kappa shape index (κ2) is 13.0. The summed E-state index contributed by atoms with van der Waals surface area (Å²) in [5.41, 5.74) is 3.04. The van der Waals surface area contributed by atoms with Gasteiger partial charge in [-0.3, -0.25) is 0 Å². The van der Waals surface area contributed by atoms with Crippen LogP contribution >= 0.6 is 0 Å². The minimum Gasteiger partial charge on any atom is -0.497 e. The molecule has 1 aliphatic heterocycles. The SMILES string of the molecule is COc1ccc(CO[C@@H]2[C@H](O)[C@@H](OCc3ccccc3)[C@H](OCc3ccccc3)[C@H]3OC4(CCCCC4)O[C@H]32)cc1. The molecule has 2 aliphatic carbocycles. The van der Waals surface area contributed by atoms with Gasteiger partial charge in [0.2, 0.25) is 0 Å². The highest BCUT2D eigenvalue weighted by Gasteiger charge is 2.61. The first-order valence-corrected chi connectivity index (χ1v) is 14.7. The van der Waals surface area contributed by atoms with Crippen molar-refractivity contribution < 1.29 is 33.5 Å². The molecular weight excluding hydrogens is 520 g/mol. The predicted octanol–water partition coefficient (Wildman–Crippen LogP) is 5.57. The highest BCUT2D eigenvalue weighted by Crippen LogP contribution is 2.47. The Kier molecular flexibility index (Phi) is 9.01. The van der Waals surface area contributed by atoms with E-state index in [1.165, 1.54) is 6.42 Å². The number of aliphatic hydroxyl groups is 1. The Balaban J connectivity index is 1.27. The van der Waals surface area contributed by atoms with Crippen LogP contribution in [-0.4, -0.2) is 54.6 Å². The molecule has 7 heteroatoms. The van der Waals surface area contributed by atoms with Crippen LogP contribution in [0, 0.1) is 0 Å². The summed E-state index contributed by atoms with van der Waals surface area (Å²) < 4.78 is 38.3. The van der Waals surface area contributed by atoms with Crippen LogP contribution in [0.5, 0.6) is 5.75 Å². The summed E-state index contributed by atoms with van der Waals surface area (Å²) in [5, 5.41) is 11.9. The minimum absolute atomic E-state index is 0.312. The average Bonchev–Trinajstić information content (AvgIpc) is 3.38. The van der Waals surface area contributed by atoms with E-state index < -0.39 is 42.4 Å². The number of methoxy groups -OCH3 is 1. The maximum absolute atomic E-state index is 11.9. The van der Waals surface area contributed by atoms with Crippen molar-refractivity contribution in [1.29, 1.82) is 0 Å². The molecule has 3 aliphatic rings. The maximum atomic E-state index is 11.9. The van der Waals surface area contributed by atoms with Crippen LogP contribution in [0.1, 0.15) is 48.8 Å². The zero-order chi connectivity index (χ0) is 28.1. The Bertz CT molecular complexity index is 1210. The lowest BCUT2D eigenvalue weighted by Gasteiger charge is -2.44. The van der Waals surface area contributed by atoms with E-state index in [0.29, 0.717) is 19.8 Å². The molecule has 0 aromatic heterocycles. The summed E-state index contributed by atoms with van der Waals surface area (Å²) in [7, 11) is 1.65. The van der Waals surface area contributed by atoms with Crippen molar-refractivity contribution in [2.75, 3.05) is 7.11 Å². The molecule has 1 heterocycles. The monoisotopic (exact) mass is 560 g/mol. The topological polar surface area (TPSA) is 75.6 Å². The summed E-state index contributed by atoms with van der Waals surface area (Å²) in [6, 6.07) is 27.8. The van der Waals surface area contributed by atoms with Crippen molar-refractivity contribution in [3.05, 3.63) is 102 Å². The fourth-order valence-electron chi connectivity index (χ4n) is 6.28. The van der Waals surface area contributed by atoms with E-state index >= 15 is 0 Å². The zero-order valence-corrected chi connectivity index (χ0v) is 23.6. The molecule has 218 valence electrons. The van der Waals surface area contributed by atoms with Crippen LogP contribution in [0.4, 0.5) is 0 Å². The molecule has 1 spiro atoms. The molecule has 6 atom stereocenters. The first-order chi connectivity index (χ1) is 20.1. The number of hydrogen-bond acceptors (Lipinski definition) is 7. The van der Waals surface area contributed by atoms with Crippen LogP contribution in [0.25, 0.3) is 0 Å². The molecule has 2 saturated carbocycles. The summed E-state index contributed by atoms with van der Waals surface area (Å²) in [4.78, 5) is 0. The predicted molar refractivity (Wildman–Crippen MR) is 153 cm³/mol. The lowest BCUT2D eigenvalue weighted by molar-refractivity contribution is -0.238. The Morgan fingerprint density at radius 1 is 0.634 bits per heavy atom. The van der Waals surface area contributed by atoms with Gasteiger partial charge in [-0.25, -0.2) is 0 Å². The van der Waals surface area contributed by atoms with Gasteiger partial charge in [-0.2, -0.15) is 0 Å². The van der Waals surface area contributed by atoms with Gasteiger partial charge in [0.25, 0.3) is 0 Å². The summed E-state index contributed by atoms with van der Waals surface area (Å²) in [5.74, 6) is 0.101. The smallest absolute Gasteiger partial charge is 0.169 e. The third-order valence-electron chi connectivity index (χ3n) is 8.46. The highest BCUT2D eigenvalue weighted by molar-refractivity contribution is 5.26. The third-order valence-corrected chi connectivity index (χ3v) is 8.46. The van der Waals surface area contributed by atoms with Crippen molar-refractivity contribution in [1.82, 2.24) is 0 Å². The molecule has 1 saturated heterocycles. The molecule has 0 bridgehead atoms. The zero-order valence-electron chi connectivity index (χ0n) is 23.6. The summed E-state index contributed by atoms with van der Waals surface area (Å²) in [6.45, 7) is 1.02. The van der Waals surface area contributed by atoms with Gasteiger partial charge >= 0.3 is 0 Å². The summed E-state index contributed by atoms with van der Waals surface area (Å²) in [6.07, 6.45) is 1.11. The fraction of sp³-hybridized carbons (Fsp3) is 0.471. The van der Waals surface area contributed by atoms with E-state index in [2.05, 4.69) is 0 Å². The van der Waals surface area contributed by atoms with Gasteiger partial charge in [-0.1, -0.05) is 79.2 Å². The number of fused-ring (bicyclic) bond motifs is 1. The van der Waals surface area contributed by atoms with E-state index in [1.54, 1.807) is 7.11 Å².